The second kappa shape index (κ2) is 6.07. The lowest BCUT2D eigenvalue weighted by Crippen LogP contribution is -2.49. The molecular weight excluding hydrogens is 292 g/mol. The Bertz CT molecular complexity index is 500. The van der Waals surface area contributed by atoms with Gasteiger partial charge in [-0.2, -0.15) is 0 Å². The quantitative estimate of drug-likeness (QED) is 0.644. The molecule has 2 amide bonds. The average molecular weight is 308 g/mol. The number of carbonyl (C=O) groups excluding carboxylic acids is 1. The van der Waals surface area contributed by atoms with E-state index in [2.05, 4.69) is 0 Å². The number of amides is 2. The highest BCUT2D eigenvalue weighted by Gasteiger charge is 2.35. The van der Waals surface area contributed by atoms with Gasteiger partial charge in [-0.25, -0.2) is 13.2 Å². The standard InChI is InChI=1S/C10H16N2O7S/c1-11(7-2-3-20(18,19)6-7)10(17)12(4-8(13)14)5-9(15)16/h7H,2-6H2,1H3,(H,13,14)(H,15,16). The highest BCUT2D eigenvalue weighted by molar-refractivity contribution is 7.91. The molecule has 0 radical (unpaired) electrons. The largest absolute Gasteiger partial charge is 0.480 e. The number of sulfone groups is 1. The fourth-order valence-electron chi connectivity index (χ4n) is 1.98. The molecular formula is C10H16N2O7S. The van der Waals surface area contributed by atoms with Gasteiger partial charge in [-0.3, -0.25) is 9.59 Å². The molecule has 10 heteroatoms. The maximum Gasteiger partial charge on any atom is 0.323 e. The first-order valence-electron chi connectivity index (χ1n) is 5.78. The van der Waals surface area contributed by atoms with E-state index < -0.39 is 46.9 Å². The van der Waals surface area contributed by atoms with Crippen LogP contribution in [-0.4, -0.2) is 84.1 Å². The minimum absolute atomic E-state index is 0.0346. The van der Waals surface area contributed by atoms with Crippen molar-refractivity contribution in [3.63, 3.8) is 0 Å². The Morgan fingerprint density at radius 3 is 2.00 bits per heavy atom. The molecule has 0 aromatic heterocycles. The number of rotatable bonds is 5. The summed E-state index contributed by atoms with van der Waals surface area (Å²) in [6, 6.07) is -1.37. The first-order valence-corrected chi connectivity index (χ1v) is 7.60. The van der Waals surface area contributed by atoms with Crippen LogP contribution in [0.3, 0.4) is 0 Å². The number of carboxylic acid groups (broad SMARTS) is 2. The Labute approximate surface area is 115 Å². The van der Waals surface area contributed by atoms with Gasteiger partial charge in [-0.1, -0.05) is 0 Å². The molecule has 20 heavy (non-hydrogen) atoms. The van der Waals surface area contributed by atoms with E-state index in [0.717, 1.165) is 4.90 Å². The van der Waals surface area contributed by atoms with E-state index in [1.54, 1.807) is 0 Å². The van der Waals surface area contributed by atoms with E-state index in [1.807, 2.05) is 0 Å². The summed E-state index contributed by atoms with van der Waals surface area (Å²) in [5, 5.41) is 17.3. The van der Waals surface area contributed by atoms with Gasteiger partial charge >= 0.3 is 18.0 Å². The summed E-state index contributed by atoms with van der Waals surface area (Å²) < 4.78 is 22.7. The monoisotopic (exact) mass is 308 g/mol. The predicted molar refractivity (Wildman–Crippen MR) is 67.1 cm³/mol. The molecule has 1 unspecified atom stereocenters. The van der Waals surface area contributed by atoms with Gasteiger partial charge in [0.15, 0.2) is 9.84 Å². The van der Waals surface area contributed by atoms with Crippen molar-refractivity contribution in [3.8, 4) is 0 Å². The molecule has 0 aliphatic carbocycles. The van der Waals surface area contributed by atoms with Crippen molar-refractivity contribution in [2.75, 3.05) is 31.6 Å². The molecule has 1 aliphatic heterocycles. The molecule has 1 atom stereocenters. The molecule has 0 aromatic carbocycles. The molecule has 0 spiro atoms. The molecule has 1 aliphatic rings. The van der Waals surface area contributed by atoms with Crippen molar-refractivity contribution in [1.82, 2.24) is 9.80 Å². The van der Waals surface area contributed by atoms with Crippen LogP contribution in [0.15, 0.2) is 0 Å². The van der Waals surface area contributed by atoms with Crippen LogP contribution in [0, 0.1) is 0 Å². The molecule has 0 saturated carbocycles. The first-order chi connectivity index (χ1) is 9.12. The predicted octanol–water partition coefficient (Wildman–Crippen LogP) is -1.30. The lowest BCUT2D eigenvalue weighted by Gasteiger charge is -2.29. The summed E-state index contributed by atoms with van der Waals surface area (Å²) in [5.41, 5.74) is 0. The summed E-state index contributed by atoms with van der Waals surface area (Å²) >= 11 is 0. The number of hydrogen-bond acceptors (Lipinski definition) is 5. The Hall–Kier alpha value is -1.84. The smallest absolute Gasteiger partial charge is 0.323 e. The van der Waals surface area contributed by atoms with Crippen LogP contribution >= 0.6 is 0 Å². The third kappa shape index (κ3) is 4.37. The third-order valence-electron chi connectivity index (χ3n) is 2.98. The minimum atomic E-state index is -3.19. The number of nitrogens with zero attached hydrogens (tertiary/aromatic N) is 2. The molecule has 2 N–H and O–H groups in total. The van der Waals surface area contributed by atoms with Gasteiger partial charge in [0.2, 0.25) is 0 Å². The normalized spacial score (nSPS) is 20.4. The van der Waals surface area contributed by atoms with Crippen molar-refractivity contribution in [2.45, 2.75) is 12.5 Å². The van der Waals surface area contributed by atoms with E-state index in [0.29, 0.717) is 4.90 Å². The van der Waals surface area contributed by atoms with E-state index in [4.69, 9.17) is 10.2 Å². The number of aliphatic carboxylic acids is 2. The molecule has 1 saturated heterocycles. The third-order valence-corrected chi connectivity index (χ3v) is 4.73. The number of urea groups is 1. The van der Waals surface area contributed by atoms with E-state index in [1.165, 1.54) is 7.05 Å². The Morgan fingerprint density at radius 1 is 1.15 bits per heavy atom. The van der Waals surface area contributed by atoms with Crippen molar-refractivity contribution in [3.05, 3.63) is 0 Å². The van der Waals surface area contributed by atoms with E-state index in [9.17, 15) is 22.8 Å². The van der Waals surface area contributed by atoms with Crippen molar-refractivity contribution in [2.24, 2.45) is 0 Å². The summed E-state index contributed by atoms with van der Waals surface area (Å²) in [7, 11) is -1.85. The second-order valence-corrected chi connectivity index (χ2v) is 6.82. The van der Waals surface area contributed by atoms with Crippen LogP contribution in [-0.2, 0) is 19.4 Å². The van der Waals surface area contributed by atoms with Gasteiger partial charge in [0.05, 0.1) is 11.5 Å². The lowest BCUT2D eigenvalue weighted by atomic mass is 10.2. The maximum absolute atomic E-state index is 12.0. The molecule has 1 fully saturated rings. The van der Waals surface area contributed by atoms with E-state index >= 15 is 0 Å². The number of carbonyl (C=O) groups is 3. The van der Waals surface area contributed by atoms with Crippen molar-refractivity contribution in [1.29, 1.82) is 0 Å². The number of hydrogen-bond donors (Lipinski definition) is 2. The molecule has 0 aromatic rings. The Balaban J connectivity index is 2.78. The zero-order valence-corrected chi connectivity index (χ0v) is 11.7. The zero-order valence-electron chi connectivity index (χ0n) is 10.9. The van der Waals surface area contributed by atoms with Crippen molar-refractivity contribution < 1.29 is 33.0 Å². The van der Waals surface area contributed by atoms with Crippen LogP contribution in [0.25, 0.3) is 0 Å². The van der Waals surface area contributed by atoms with Gasteiger partial charge in [0, 0.05) is 13.1 Å². The Kier molecular flexibility index (Phi) is 4.93. The molecule has 9 nitrogen and oxygen atoms in total. The summed E-state index contributed by atoms with van der Waals surface area (Å²) in [4.78, 5) is 35.1. The first kappa shape index (κ1) is 16.2. The summed E-state index contributed by atoms with van der Waals surface area (Å²) in [5.74, 6) is -2.91. The minimum Gasteiger partial charge on any atom is -0.480 e. The highest BCUT2D eigenvalue weighted by Crippen LogP contribution is 2.17. The SMILES string of the molecule is CN(C(=O)N(CC(=O)O)CC(=O)O)C1CCS(=O)(=O)C1. The molecule has 0 bridgehead atoms. The zero-order chi connectivity index (χ0) is 15.5. The van der Waals surface area contributed by atoms with Crippen LogP contribution in [0.2, 0.25) is 0 Å². The highest BCUT2D eigenvalue weighted by atomic mass is 32.2. The van der Waals surface area contributed by atoms with Gasteiger partial charge in [0.1, 0.15) is 13.1 Å². The average Bonchev–Trinajstić information content (AvgIpc) is 2.65. The van der Waals surface area contributed by atoms with Gasteiger partial charge in [-0.05, 0) is 6.42 Å². The fourth-order valence-corrected chi connectivity index (χ4v) is 3.75. The van der Waals surface area contributed by atoms with Crippen LogP contribution in [0.5, 0.6) is 0 Å². The summed E-state index contributed by atoms with van der Waals surface area (Å²) in [6.45, 7) is -1.51. The van der Waals surface area contributed by atoms with Crippen molar-refractivity contribution >= 4 is 27.8 Å². The second-order valence-electron chi connectivity index (χ2n) is 4.59. The molecule has 1 heterocycles. The maximum atomic E-state index is 12.0. The van der Waals surface area contributed by atoms with Crippen LogP contribution in [0.4, 0.5) is 4.79 Å². The van der Waals surface area contributed by atoms with Gasteiger partial charge in [-0.15, -0.1) is 0 Å². The van der Waals surface area contributed by atoms with E-state index in [-0.39, 0.29) is 17.9 Å². The molecule has 114 valence electrons. The topological polar surface area (TPSA) is 132 Å². The van der Waals surface area contributed by atoms with Gasteiger partial charge in [0.25, 0.3) is 0 Å². The van der Waals surface area contributed by atoms with Gasteiger partial charge < -0.3 is 20.0 Å². The fraction of sp³-hybridized carbons (Fsp3) is 0.700. The lowest BCUT2D eigenvalue weighted by molar-refractivity contribution is -0.140. The molecule has 1 rings (SSSR count). The number of carboxylic acids is 2. The van der Waals surface area contributed by atoms with Crippen LogP contribution < -0.4 is 0 Å². The summed E-state index contributed by atoms with van der Waals surface area (Å²) in [6.07, 6.45) is 0.262. The Morgan fingerprint density at radius 2 is 1.65 bits per heavy atom. The van der Waals surface area contributed by atoms with Crippen LogP contribution in [0.1, 0.15) is 6.42 Å².